The Bertz CT molecular complexity index is 349. The Balaban J connectivity index is 0. The predicted octanol–water partition coefficient (Wildman–Crippen LogP) is -0.353. The van der Waals surface area contributed by atoms with E-state index in [0.29, 0.717) is 19.4 Å². The average molecular weight is 438 g/mol. The van der Waals surface area contributed by atoms with E-state index < -0.39 is 6.10 Å². The van der Waals surface area contributed by atoms with Crippen LogP contribution in [-0.4, -0.2) is 55.8 Å². The lowest BCUT2D eigenvalue weighted by Crippen LogP contribution is -3.00. The van der Waals surface area contributed by atoms with Gasteiger partial charge in [0.2, 0.25) is 5.91 Å². The number of aliphatic hydroxyl groups is 1. The van der Waals surface area contributed by atoms with E-state index in [1.165, 1.54) is 0 Å². The van der Waals surface area contributed by atoms with E-state index in [0.717, 1.165) is 36.7 Å². The van der Waals surface area contributed by atoms with Gasteiger partial charge in [-0.2, -0.15) is 0 Å². The third-order valence-electron chi connectivity index (χ3n) is 3.28. The summed E-state index contributed by atoms with van der Waals surface area (Å²) in [6.07, 6.45) is 13.0. The summed E-state index contributed by atoms with van der Waals surface area (Å²) in [7, 11) is 6.35. The normalized spacial score (nSPS) is 13.3. The van der Waals surface area contributed by atoms with Crippen molar-refractivity contribution in [3.8, 4) is 0 Å². The van der Waals surface area contributed by atoms with Gasteiger partial charge in [-0.05, 0) is 25.7 Å². The molecule has 0 aliphatic rings. The minimum atomic E-state index is -0.460. The molecule has 0 heterocycles. The van der Waals surface area contributed by atoms with Crippen LogP contribution >= 0.6 is 0 Å². The molecule has 0 bridgehead atoms. The summed E-state index contributed by atoms with van der Waals surface area (Å²) < 4.78 is 0.871. The molecule has 1 atom stereocenters. The number of rotatable bonds is 12. The number of allylic oxidation sites excluding steroid dienone is 4. The lowest BCUT2D eigenvalue weighted by atomic mass is 10.1. The number of carbonyl (C=O) groups excluding carboxylic acids is 1. The van der Waals surface area contributed by atoms with Crippen molar-refractivity contribution < 1.29 is 38.4 Å². The number of carbonyl (C=O) groups is 1. The maximum atomic E-state index is 11.7. The Morgan fingerprint density at radius 2 is 1.83 bits per heavy atom. The molecule has 0 aromatic carbocycles. The average Bonchev–Trinajstić information content (AvgIpc) is 2.43. The van der Waals surface area contributed by atoms with Crippen molar-refractivity contribution in [3.63, 3.8) is 0 Å². The van der Waals surface area contributed by atoms with Gasteiger partial charge in [0.1, 0.15) is 0 Å². The van der Waals surface area contributed by atoms with Gasteiger partial charge >= 0.3 is 0 Å². The summed E-state index contributed by atoms with van der Waals surface area (Å²) in [5, 5.41) is 12.6. The third-order valence-corrected chi connectivity index (χ3v) is 3.28. The smallest absolute Gasteiger partial charge is 0.220 e. The highest BCUT2D eigenvalue weighted by Gasteiger charge is 2.10. The zero-order valence-electron chi connectivity index (χ0n) is 15.2. The Kier molecular flexibility index (Phi) is 16.4. The van der Waals surface area contributed by atoms with E-state index in [2.05, 4.69) is 57.7 Å². The Hall–Kier alpha value is -0.400. The number of hydrogen-bond acceptors (Lipinski definition) is 2. The largest absolute Gasteiger partial charge is 1.00 e. The van der Waals surface area contributed by atoms with Crippen molar-refractivity contribution in [2.24, 2.45) is 0 Å². The van der Waals surface area contributed by atoms with Crippen LogP contribution in [0.15, 0.2) is 24.3 Å². The lowest BCUT2D eigenvalue weighted by molar-refractivity contribution is -0.870. The number of nitrogens with one attached hydrogen (secondary N) is 1. The van der Waals surface area contributed by atoms with Gasteiger partial charge in [-0.25, -0.2) is 0 Å². The molecule has 0 aliphatic heterocycles. The second kappa shape index (κ2) is 15.1. The minimum Gasteiger partial charge on any atom is -1.00 e. The van der Waals surface area contributed by atoms with Gasteiger partial charge in [-0.1, -0.05) is 31.2 Å². The topological polar surface area (TPSA) is 49.3 Å². The zero-order valence-corrected chi connectivity index (χ0v) is 17.4. The minimum absolute atomic E-state index is 0. The highest BCUT2D eigenvalue weighted by molar-refractivity contribution is 5.75. The molecule has 0 saturated carbocycles. The van der Waals surface area contributed by atoms with Crippen LogP contribution in [0.5, 0.6) is 0 Å². The van der Waals surface area contributed by atoms with Gasteiger partial charge in [0.25, 0.3) is 0 Å². The van der Waals surface area contributed by atoms with Crippen molar-refractivity contribution in [1.82, 2.24) is 5.32 Å². The Morgan fingerprint density at radius 3 is 2.43 bits per heavy atom. The van der Waals surface area contributed by atoms with Gasteiger partial charge in [0.15, 0.2) is 0 Å². The molecule has 2 N–H and O–H groups in total. The number of amides is 1. The highest BCUT2D eigenvalue weighted by atomic mass is 127. The second-order valence-corrected chi connectivity index (χ2v) is 6.74. The van der Waals surface area contributed by atoms with Gasteiger partial charge in [-0.15, -0.1) is 0 Å². The highest BCUT2D eigenvalue weighted by Crippen LogP contribution is 2.00. The van der Waals surface area contributed by atoms with Crippen LogP contribution in [0, 0.1) is 0 Å². The fourth-order valence-electron chi connectivity index (χ4n) is 1.98. The predicted molar refractivity (Wildman–Crippen MR) is 93.6 cm³/mol. The van der Waals surface area contributed by atoms with Crippen LogP contribution in [0.25, 0.3) is 0 Å². The van der Waals surface area contributed by atoms with Crippen LogP contribution < -0.4 is 29.3 Å². The van der Waals surface area contributed by atoms with Gasteiger partial charge in [-0.3, -0.25) is 4.79 Å². The van der Waals surface area contributed by atoms with Crippen molar-refractivity contribution in [2.75, 3.05) is 34.2 Å². The molecule has 0 aromatic heterocycles. The molecule has 0 saturated heterocycles. The van der Waals surface area contributed by atoms with E-state index in [1.54, 1.807) is 0 Å². The maximum absolute atomic E-state index is 11.7. The number of halogens is 1. The van der Waals surface area contributed by atoms with Crippen molar-refractivity contribution >= 4 is 5.91 Å². The van der Waals surface area contributed by atoms with E-state index >= 15 is 0 Å². The van der Waals surface area contributed by atoms with E-state index in [-0.39, 0.29) is 29.9 Å². The van der Waals surface area contributed by atoms with Crippen molar-refractivity contribution in [1.29, 1.82) is 0 Å². The molecule has 0 unspecified atom stereocenters. The van der Waals surface area contributed by atoms with Gasteiger partial charge in [0, 0.05) is 19.4 Å². The monoisotopic (exact) mass is 438 g/mol. The SMILES string of the molecule is CC/C=C\C/C=C\CC[C@@H](O)CNC(=O)CCC[N+](C)(C)C.[I-]. The molecular formula is C18H35IN2O2. The van der Waals surface area contributed by atoms with Gasteiger partial charge in [0.05, 0.1) is 33.8 Å². The lowest BCUT2D eigenvalue weighted by Gasteiger charge is -2.23. The maximum Gasteiger partial charge on any atom is 0.220 e. The van der Waals surface area contributed by atoms with Crippen molar-refractivity contribution in [3.05, 3.63) is 24.3 Å². The molecule has 0 rings (SSSR count). The van der Waals surface area contributed by atoms with E-state index in [9.17, 15) is 9.90 Å². The molecule has 0 radical (unpaired) electrons. The van der Waals surface area contributed by atoms with E-state index in [4.69, 9.17) is 0 Å². The molecule has 5 heteroatoms. The number of aliphatic hydroxyl groups excluding tert-OH is 1. The summed E-state index contributed by atoms with van der Waals surface area (Å²) in [5.41, 5.74) is 0. The fourth-order valence-corrected chi connectivity index (χ4v) is 1.98. The molecule has 136 valence electrons. The molecule has 1 amide bonds. The van der Waals surface area contributed by atoms with Crippen LogP contribution in [-0.2, 0) is 4.79 Å². The van der Waals surface area contributed by atoms with Crippen LogP contribution in [0.1, 0.15) is 45.4 Å². The van der Waals surface area contributed by atoms with E-state index in [1.807, 2.05) is 0 Å². The first-order chi connectivity index (χ1) is 10.3. The number of nitrogens with zero attached hydrogens (tertiary/aromatic N) is 1. The first-order valence-electron chi connectivity index (χ1n) is 8.40. The van der Waals surface area contributed by atoms with Crippen LogP contribution in [0.3, 0.4) is 0 Å². The first kappa shape index (κ1) is 24.8. The summed E-state index contributed by atoms with van der Waals surface area (Å²) in [6.45, 7) is 3.45. The molecule has 0 aromatic rings. The first-order valence-corrected chi connectivity index (χ1v) is 8.40. The molecular weight excluding hydrogens is 403 g/mol. The second-order valence-electron chi connectivity index (χ2n) is 6.74. The summed E-state index contributed by atoms with van der Waals surface area (Å²) in [5.74, 6) is 0.0349. The van der Waals surface area contributed by atoms with Crippen molar-refractivity contribution in [2.45, 2.75) is 51.6 Å². The fraction of sp³-hybridized carbons (Fsp3) is 0.722. The number of quaternary nitrogens is 1. The molecule has 0 spiro atoms. The molecule has 4 nitrogen and oxygen atoms in total. The Labute approximate surface area is 159 Å². The third kappa shape index (κ3) is 19.6. The standard InChI is InChI=1S/C18H34N2O2.HI/c1-5-6-7-8-9-10-11-13-17(21)16-19-18(22)14-12-15-20(2,3)4;/h6-7,9-10,17,21H,5,8,11-16H2,1-4H3;1H/b7-6-,10-9-;/t17-;/m1./s1. The number of hydrogen-bond donors (Lipinski definition) is 2. The Morgan fingerprint density at radius 1 is 1.17 bits per heavy atom. The molecule has 23 heavy (non-hydrogen) atoms. The molecule has 0 fully saturated rings. The summed E-state index contributed by atoms with van der Waals surface area (Å²) in [4.78, 5) is 11.7. The zero-order chi connectivity index (χ0) is 16.8. The van der Waals surface area contributed by atoms with Gasteiger partial charge < -0.3 is 38.9 Å². The molecule has 0 aliphatic carbocycles. The van der Waals surface area contributed by atoms with Crippen LogP contribution in [0.4, 0.5) is 0 Å². The quantitative estimate of drug-likeness (QED) is 0.249. The van der Waals surface area contributed by atoms with Crippen LogP contribution in [0.2, 0.25) is 0 Å². The summed E-state index contributed by atoms with van der Waals surface area (Å²) in [6, 6.07) is 0. The summed E-state index contributed by atoms with van der Waals surface area (Å²) >= 11 is 0.